The highest BCUT2D eigenvalue weighted by molar-refractivity contribution is 5.99. The molecule has 0 bridgehead atoms. The van der Waals surface area contributed by atoms with Crippen LogP contribution in [0.5, 0.6) is 0 Å². The van der Waals surface area contributed by atoms with Crippen LogP contribution in [0.25, 0.3) is 0 Å². The summed E-state index contributed by atoms with van der Waals surface area (Å²) in [5.41, 5.74) is 11.0. The van der Waals surface area contributed by atoms with Crippen molar-refractivity contribution in [2.45, 2.75) is 193 Å². The molecule has 0 aromatic rings. The van der Waals surface area contributed by atoms with E-state index in [2.05, 4.69) is 52.6 Å². The van der Waals surface area contributed by atoms with Crippen molar-refractivity contribution in [1.82, 2.24) is 52.8 Å². The number of nitrogens with one attached hydrogen (secondary N) is 9. The molecule has 1 fully saturated rings. The summed E-state index contributed by atoms with van der Waals surface area (Å²) < 4.78 is 4.55. The van der Waals surface area contributed by atoms with Gasteiger partial charge in [-0.15, -0.1) is 0 Å². The number of allylic oxidation sites excluding steroid dienone is 1. The zero-order valence-corrected chi connectivity index (χ0v) is 49.2. The number of carbonyl (C=O) groups is 14. The third-order valence-corrected chi connectivity index (χ3v) is 13.0. The van der Waals surface area contributed by atoms with Crippen LogP contribution in [0.1, 0.15) is 126 Å². The number of methoxy groups -OCH3 is 1. The first-order valence-corrected chi connectivity index (χ1v) is 27.7. The van der Waals surface area contributed by atoms with Gasteiger partial charge in [0.05, 0.1) is 26.2 Å². The third-order valence-electron chi connectivity index (χ3n) is 13.0. The molecular formula is C53H88N12O19. The maximum absolute atomic E-state index is 14.1. The molecule has 11 atom stereocenters. The summed E-state index contributed by atoms with van der Waals surface area (Å²) in [6.45, 7) is 11.3. The Bertz CT molecular complexity index is 2330. The number of aliphatic hydroxyl groups is 2. The number of likely N-dealkylation sites (tertiary alicyclic amines) is 1. The smallest absolute Gasteiger partial charge is 0.330 e. The van der Waals surface area contributed by atoms with Crippen molar-refractivity contribution in [3.8, 4) is 0 Å². The maximum atomic E-state index is 14.1. The first-order chi connectivity index (χ1) is 39.3. The van der Waals surface area contributed by atoms with Crippen molar-refractivity contribution in [2.24, 2.45) is 29.2 Å². The van der Waals surface area contributed by atoms with E-state index in [9.17, 15) is 87.5 Å². The molecule has 1 unspecified atom stereocenters. The Morgan fingerprint density at radius 2 is 1.11 bits per heavy atom. The van der Waals surface area contributed by atoms with Gasteiger partial charge < -0.3 is 89.4 Å². The largest absolute Gasteiger partial charge is 0.481 e. The van der Waals surface area contributed by atoms with Crippen molar-refractivity contribution < 1.29 is 92.3 Å². The average molecular weight is 1200 g/mol. The lowest BCUT2D eigenvalue weighted by atomic mass is 10.0. The lowest BCUT2D eigenvalue weighted by Gasteiger charge is -2.31. The second-order valence-electron chi connectivity index (χ2n) is 21.6. The zero-order chi connectivity index (χ0) is 64.1. The second-order valence-corrected chi connectivity index (χ2v) is 21.6. The van der Waals surface area contributed by atoms with Crippen LogP contribution >= 0.6 is 0 Å². The SMILES string of the molecule is COC(=O)/C=C/CC[C@H](NC(=O)[C@H](CC(N)=O)NC(C)=O)C(=O)N[C@@H](CCC(=O)O)C(=O)N[C@@H](CCCN)C(=O)N[C@H](C(=O)N[C@@H](CO)C(=O)N1CCC[C@H]1C(=O)N[C@@H](CC(C)C)C(=O)N[C@H](C(=O)N[C@@H](CC(C)C)C(=O)O)C(C)O)C(C)C. The van der Waals surface area contributed by atoms with Crippen molar-refractivity contribution in [1.29, 1.82) is 0 Å². The number of hydrogen-bond donors (Lipinski definition) is 15. The van der Waals surface area contributed by atoms with E-state index in [1.807, 2.05) is 0 Å². The Kier molecular flexibility index (Phi) is 33.1. The van der Waals surface area contributed by atoms with Crippen molar-refractivity contribution in [3.63, 3.8) is 0 Å². The standard InChI is InChI=1S/C53H88N12O19/c1-26(2)22-34(48(77)64-43(29(7)67)51(80)61-36(53(82)83)23-27(3)4)60-49(78)38-16-13-21-65(38)52(81)37(25-66)62-50(79)42(28(5)6)63-46(75)32(15-12-20-54)57-45(74)33(18-19-40(70)71)59-44(73)31(14-10-11-17-41(72)84-9)58-47(76)35(24-39(55)69)56-30(8)68/h11,17,26-29,31-38,42-43,66-67H,10,12-16,18-25,54H2,1-9H3,(H2,55,69)(H,56,68)(H,57,74)(H,58,76)(H,59,73)(H,60,78)(H,61,80)(H,62,79)(H,63,75)(H,64,77)(H,70,71)(H,82,83)/b17-11+/t29?,31-,32-,33-,34-,35-,36-,37-,38-,42-,43-/m0/s1. The van der Waals surface area contributed by atoms with Gasteiger partial charge in [0, 0.05) is 26.0 Å². The Morgan fingerprint density at radius 1 is 0.619 bits per heavy atom. The van der Waals surface area contributed by atoms with Crippen molar-refractivity contribution in [2.75, 3.05) is 26.8 Å². The molecule has 1 rings (SSSR count). The van der Waals surface area contributed by atoms with E-state index in [0.717, 1.165) is 25.0 Å². The highest BCUT2D eigenvalue weighted by Gasteiger charge is 2.41. The minimum atomic E-state index is -1.71. The Morgan fingerprint density at radius 3 is 1.60 bits per heavy atom. The molecule has 84 heavy (non-hydrogen) atoms. The van der Waals surface area contributed by atoms with E-state index >= 15 is 0 Å². The van der Waals surface area contributed by atoms with Crippen LogP contribution in [-0.4, -0.2) is 202 Å². The van der Waals surface area contributed by atoms with Crippen molar-refractivity contribution >= 4 is 82.9 Å². The fourth-order valence-electron chi connectivity index (χ4n) is 8.70. The molecule has 0 aliphatic carbocycles. The van der Waals surface area contributed by atoms with Gasteiger partial charge in [-0.2, -0.15) is 0 Å². The highest BCUT2D eigenvalue weighted by Crippen LogP contribution is 2.20. The van der Waals surface area contributed by atoms with E-state index in [1.165, 1.54) is 26.8 Å². The van der Waals surface area contributed by atoms with Gasteiger partial charge in [-0.3, -0.25) is 57.5 Å². The summed E-state index contributed by atoms with van der Waals surface area (Å²) in [5.74, 6) is -15.1. The molecule has 11 amide bonds. The summed E-state index contributed by atoms with van der Waals surface area (Å²) >= 11 is 0. The van der Waals surface area contributed by atoms with E-state index in [0.29, 0.717) is 0 Å². The molecule has 1 aliphatic rings. The molecule has 474 valence electrons. The Balaban J connectivity index is 3.43. The molecule has 0 aromatic carbocycles. The Labute approximate surface area is 487 Å². The van der Waals surface area contributed by atoms with E-state index in [-0.39, 0.29) is 76.3 Å². The lowest BCUT2D eigenvalue weighted by Crippen LogP contribution is -2.62. The predicted molar refractivity (Wildman–Crippen MR) is 297 cm³/mol. The number of aliphatic carboxylic acids is 2. The van der Waals surface area contributed by atoms with Crippen molar-refractivity contribution in [3.05, 3.63) is 12.2 Å². The van der Waals surface area contributed by atoms with Crippen LogP contribution in [0.4, 0.5) is 0 Å². The number of carbonyl (C=O) groups excluding carboxylic acids is 12. The third kappa shape index (κ3) is 26.6. The van der Waals surface area contributed by atoms with Crippen LogP contribution in [0.2, 0.25) is 0 Å². The quantitative estimate of drug-likeness (QED) is 0.0205. The number of rotatable bonds is 38. The molecule has 31 nitrogen and oxygen atoms in total. The number of amides is 11. The molecule has 1 aliphatic heterocycles. The molecule has 0 spiro atoms. The second kappa shape index (κ2) is 37.4. The molecule has 1 heterocycles. The summed E-state index contributed by atoms with van der Waals surface area (Å²) in [5, 5.41) is 61.9. The minimum absolute atomic E-state index is 0.00721. The lowest BCUT2D eigenvalue weighted by molar-refractivity contribution is -0.144. The van der Waals surface area contributed by atoms with Gasteiger partial charge >= 0.3 is 17.9 Å². The maximum Gasteiger partial charge on any atom is 0.330 e. The summed E-state index contributed by atoms with van der Waals surface area (Å²) in [4.78, 5) is 184. The Hall–Kier alpha value is -7.80. The van der Waals surface area contributed by atoms with Gasteiger partial charge in [-0.05, 0) is 89.0 Å². The van der Waals surface area contributed by atoms with Gasteiger partial charge in [0.2, 0.25) is 65.0 Å². The fourth-order valence-corrected chi connectivity index (χ4v) is 8.70. The molecule has 0 saturated carbocycles. The number of aliphatic hydroxyl groups excluding tert-OH is 2. The monoisotopic (exact) mass is 1200 g/mol. The molecule has 31 heteroatoms. The number of nitrogens with zero attached hydrogens (tertiary/aromatic N) is 1. The van der Waals surface area contributed by atoms with Gasteiger partial charge in [0.1, 0.15) is 60.4 Å². The minimum Gasteiger partial charge on any atom is -0.481 e. The molecule has 1 saturated heterocycles. The number of primary amides is 1. The van der Waals surface area contributed by atoms with Crippen LogP contribution in [0.3, 0.4) is 0 Å². The average Bonchev–Trinajstić information content (AvgIpc) is 4.10. The van der Waals surface area contributed by atoms with E-state index in [1.54, 1.807) is 27.7 Å². The van der Waals surface area contributed by atoms with Gasteiger partial charge in [0.25, 0.3) is 0 Å². The number of carboxylic acid groups (broad SMARTS) is 2. The number of hydrogen-bond acceptors (Lipinski definition) is 18. The van der Waals surface area contributed by atoms with Gasteiger partial charge in [-0.1, -0.05) is 47.6 Å². The zero-order valence-electron chi connectivity index (χ0n) is 49.2. The highest BCUT2D eigenvalue weighted by atomic mass is 16.5. The fraction of sp³-hybridized carbons (Fsp3) is 0.698. The summed E-state index contributed by atoms with van der Waals surface area (Å²) in [6, 6.07) is -15.0. The first-order valence-electron chi connectivity index (χ1n) is 27.7. The van der Waals surface area contributed by atoms with Crippen LogP contribution in [0.15, 0.2) is 12.2 Å². The number of nitrogens with two attached hydrogens (primary N) is 2. The number of carboxylic acids is 2. The van der Waals surface area contributed by atoms with Gasteiger partial charge in [0.15, 0.2) is 0 Å². The van der Waals surface area contributed by atoms with E-state index in [4.69, 9.17) is 11.5 Å². The van der Waals surface area contributed by atoms with E-state index < -0.39 is 181 Å². The molecule has 17 N–H and O–H groups in total. The summed E-state index contributed by atoms with van der Waals surface area (Å²) in [7, 11) is 1.12. The number of ether oxygens (including phenoxy) is 1. The van der Waals surface area contributed by atoms with Crippen LogP contribution in [0, 0.1) is 17.8 Å². The normalized spacial score (nSPS) is 16.7. The van der Waals surface area contributed by atoms with Crippen LogP contribution in [-0.2, 0) is 71.9 Å². The predicted octanol–water partition coefficient (Wildman–Crippen LogP) is -4.45. The topological polar surface area (TPSA) is 493 Å². The summed E-state index contributed by atoms with van der Waals surface area (Å²) in [6.07, 6.45) is -1.13. The number of esters is 1. The molecule has 0 radical (unpaired) electrons. The first kappa shape index (κ1) is 74.2. The van der Waals surface area contributed by atoms with Gasteiger partial charge in [-0.25, -0.2) is 9.59 Å². The molecular weight excluding hydrogens is 1110 g/mol. The van der Waals surface area contributed by atoms with Crippen LogP contribution < -0.4 is 59.3 Å². The molecule has 0 aromatic heterocycles.